The van der Waals surface area contributed by atoms with Crippen LogP contribution in [0.1, 0.15) is 42.4 Å². The molecule has 15 heavy (non-hydrogen) atoms. The molecule has 0 aliphatic heterocycles. The molecule has 0 spiro atoms. The fourth-order valence-corrected chi connectivity index (χ4v) is 3.52. The lowest BCUT2D eigenvalue weighted by Crippen LogP contribution is -2.16. The highest BCUT2D eigenvalue weighted by Crippen LogP contribution is 2.41. The van der Waals surface area contributed by atoms with Gasteiger partial charge in [0.15, 0.2) is 0 Å². The molecule has 1 nitrogen and oxygen atoms in total. The van der Waals surface area contributed by atoms with Crippen LogP contribution >= 0.6 is 11.3 Å². The molecule has 1 aromatic rings. The highest BCUT2D eigenvalue weighted by atomic mass is 32.1. The lowest BCUT2D eigenvalue weighted by molar-refractivity contribution is 0.411. The van der Waals surface area contributed by atoms with Crippen molar-refractivity contribution in [3.63, 3.8) is 0 Å². The van der Waals surface area contributed by atoms with Crippen LogP contribution in [0.2, 0.25) is 0 Å². The van der Waals surface area contributed by atoms with Crippen molar-refractivity contribution in [1.82, 2.24) is 0 Å². The third-order valence-electron chi connectivity index (χ3n) is 3.38. The monoisotopic (exact) mass is 219 g/mol. The Labute approximate surface area is 95.7 Å². The van der Waals surface area contributed by atoms with E-state index in [1.165, 1.54) is 22.6 Å². The predicted octanol–water partition coefficient (Wildman–Crippen LogP) is 3.94. The van der Waals surface area contributed by atoms with Gasteiger partial charge in [0.05, 0.1) is 11.5 Å². The molecule has 1 aliphatic rings. The molecule has 1 fully saturated rings. The number of aryl methyl sites for hydroxylation is 1. The summed E-state index contributed by atoms with van der Waals surface area (Å²) in [6, 6.07) is 6.98. The first kappa shape index (κ1) is 10.7. The Bertz CT molecular complexity index is 366. The standard InChI is InChI=1S/C13H17NS/c1-2-11-5-6-12(15-11)9-13(10-14)7-3-4-8-13/h5-6H,2-4,7-9H2,1H3. The largest absolute Gasteiger partial charge is 0.198 e. The van der Waals surface area contributed by atoms with Crippen LogP contribution in [-0.4, -0.2) is 0 Å². The minimum Gasteiger partial charge on any atom is -0.198 e. The van der Waals surface area contributed by atoms with Gasteiger partial charge in [-0.05, 0) is 31.4 Å². The van der Waals surface area contributed by atoms with Gasteiger partial charge in [-0.25, -0.2) is 0 Å². The second-order valence-corrected chi connectivity index (χ2v) is 5.75. The first-order valence-corrected chi connectivity index (χ1v) is 6.58. The van der Waals surface area contributed by atoms with E-state index in [4.69, 9.17) is 0 Å². The molecule has 0 atom stereocenters. The lowest BCUT2D eigenvalue weighted by atomic mass is 9.84. The van der Waals surface area contributed by atoms with Crippen molar-refractivity contribution in [2.24, 2.45) is 5.41 Å². The summed E-state index contributed by atoms with van der Waals surface area (Å²) in [5.74, 6) is 0. The molecule has 0 aromatic carbocycles. The van der Waals surface area contributed by atoms with E-state index >= 15 is 0 Å². The molecule has 1 aromatic heterocycles. The normalized spacial score (nSPS) is 18.9. The van der Waals surface area contributed by atoms with Gasteiger partial charge in [-0.2, -0.15) is 5.26 Å². The Hall–Kier alpha value is -0.810. The van der Waals surface area contributed by atoms with Crippen LogP contribution in [0.4, 0.5) is 0 Å². The molecule has 0 amide bonds. The quantitative estimate of drug-likeness (QED) is 0.755. The van der Waals surface area contributed by atoms with Gasteiger partial charge in [0.1, 0.15) is 0 Å². The van der Waals surface area contributed by atoms with E-state index < -0.39 is 0 Å². The summed E-state index contributed by atoms with van der Waals surface area (Å²) in [5, 5.41) is 9.30. The van der Waals surface area contributed by atoms with E-state index in [0.717, 1.165) is 25.7 Å². The van der Waals surface area contributed by atoms with Crippen LogP contribution in [0, 0.1) is 16.7 Å². The second-order valence-electron chi connectivity index (χ2n) is 4.50. The maximum absolute atomic E-state index is 9.30. The zero-order valence-corrected chi connectivity index (χ0v) is 10.1. The Morgan fingerprint density at radius 1 is 1.33 bits per heavy atom. The van der Waals surface area contributed by atoms with Gasteiger partial charge in [0, 0.05) is 16.2 Å². The molecule has 1 aliphatic carbocycles. The topological polar surface area (TPSA) is 23.8 Å². The highest BCUT2D eigenvalue weighted by molar-refractivity contribution is 7.11. The van der Waals surface area contributed by atoms with Crippen LogP contribution < -0.4 is 0 Å². The molecule has 1 saturated carbocycles. The van der Waals surface area contributed by atoms with Gasteiger partial charge in [0.25, 0.3) is 0 Å². The summed E-state index contributed by atoms with van der Waals surface area (Å²) in [5.41, 5.74) is -0.0319. The molecule has 2 heteroatoms. The van der Waals surface area contributed by atoms with Crippen LogP contribution in [-0.2, 0) is 12.8 Å². The van der Waals surface area contributed by atoms with E-state index in [-0.39, 0.29) is 5.41 Å². The zero-order chi connectivity index (χ0) is 10.7. The van der Waals surface area contributed by atoms with Crippen LogP contribution in [0.5, 0.6) is 0 Å². The summed E-state index contributed by atoms with van der Waals surface area (Å²) in [6.07, 6.45) is 6.77. The highest BCUT2D eigenvalue weighted by Gasteiger charge is 2.34. The minimum atomic E-state index is -0.0319. The molecule has 0 N–H and O–H groups in total. The molecule has 2 rings (SSSR count). The predicted molar refractivity (Wildman–Crippen MR) is 63.9 cm³/mol. The molecular weight excluding hydrogens is 202 g/mol. The molecular formula is C13H17NS. The number of nitriles is 1. The average molecular weight is 219 g/mol. The summed E-state index contributed by atoms with van der Waals surface area (Å²) in [7, 11) is 0. The molecule has 0 saturated heterocycles. The van der Waals surface area contributed by atoms with Crippen molar-refractivity contribution < 1.29 is 0 Å². The van der Waals surface area contributed by atoms with Crippen molar-refractivity contribution in [3.05, 3.63) is 21.9 Å². The second kappa shape index (κ2) is 4.37. The van der Waals surface area contributed by atoms with Crippen LogP contribution in [0.15, 0.2) is 12.1 Å². The fourth-order valence-electron chi connectivity index (χ4n) is 2.42. The third kappa shape index (κ3) is 2.23. The summed E-state index contributed by atoms with van der Waals surface area (Å²) in [6.45, 7) is 2.19. The van der Waals surface area contributed by atoms with Crippen molar-refractivity contribution in [2.75, 3.05) is 0 Å². The summed E-state index contributed by atoms with van der Waals surface area (Å²) < 4.78 is 0. The van der Waals surface area contributed by atoms with Gasteiger partial charge in [0.2, 0.25) is 0 Å². The SMILES string of the molecule is CCc1ccc(CC2(C#N)CCCC2)s1. The average Bonchev–Trinajstić information content (AvgIpc) is 2.88. The van der Waals surface area contributed by atoms with Crippen molar-refractivity contribution in [1.29, 1.82) is 5.26 Å². The molecule has 0 unspecified atom stereocenters. The molecule has 1 heterocycles. The van der Waals surface area contributed by atoms with E-state index in [1.807, 2.05) is 11.3 Å². The van der Waals surface area contributed by atoms with Crippen LogP contribution in [0.3, 0.4) is 0 Å². The number of hydrogen-bond acceptors (Lipinski definition) is 2. The van der Waals surface area contributed by atoms with E-state index in [2.05, 4.69) is 25.1 Å². The Morgan fingerprint density at radius 2 is 2.00 bits per heavy atom. The van der Waals surface area contributed by atoms with Crippen molar-refractivity contribution in [2.45, 2.75) is 45.4 Å². The van der Waals surface area contributed by atoms with Gasteiger partial charge >= 0.3 is 0 Å². The summed E-state index contributed by atoms with van der Waals surface area (Å²) >= 11 is 1.88. The van der Waals surface area contributed by atoms with Crippen molar-refractivity contribution >= 4 is 11.3 Å². The first-order valence-electron chi connectivity index (χ1n) is 5.77. The minimum absolute atomic E-state index is 0.0319. The van der Waals surface area contributed by atoms with Crippen LogP contribution in [0.25, 0.3) is 0 Å². The van der Waals surface area contributed by atoms with E-state index in [0.29, 0.717) is 0 Å². The number of thiophene rings is 1. The molecule has 0 radical (unpaired) electrons. The molecule has 0 bridgehead atoms. The van der Waals surface area contributed by atoms with Crippen molar-refractivity contribution in [3.8, 4) is 6.07 Å². The smallest absolute Gasteiger partial charge is 0.0693 e. The lowest BCUT2D eigenvalue weighted by Gasteiger charge is -2.18. The van der Waals surface area contributed by atoms with E-state index in [1.54, 1.807) is 0 Å². The van der Waals surface area contributed by atoms with Gasteiger partial charge in [-0.1, -0.05) is 19.8 Å². The Balaban J connectivity index is 2.10. The van der Waals surface area contributed by atoms with E-state index in [9.17, 15) is 5.26 Å². The maximum Gasteiger partial charge on any atom is 0.0693 e. The van der Waals surface area contributed by atoms with Gasteiger partial charge in [-0.15, -0.1) is 11.3 Å². The van der Waals surface area contributed by atoms with Gasteiger partial charge < -0.3 is 0 Å². The Kier molecular flexibility index (Phi) is 3.11. The summed E-state index contributed by atoms with van der Waals surface area (Å²) in [4.78, 5) is 2.84. The fraction of sp³-hybridized carbons (Fsp3) is 0.615. The zero-order valence-electron chi connectivity index (χ0n) is 9.25. The van der Waals surface area contributed by atoms with Gasteiger partial charge in [-0.3, -0.25) is 0 Å². The number of hydrogen-bond donors (Lipinski definition) is 0. The number of rotatable bonds is 3. The first-order chi connectivity index (χ1) is 7.28. The third-order valence-corrected chi connectivity index (χ3v) is 4.61. The molecule has 80 valence electrons. The number of nitrogens with zero attached hydrogens (tertiary/aromatic N) is 1. The maximum atomic E-state index is 9.30. The Morgan fingerprint density at radius 3 is 2.53 bits per heavy atom.